The lowest BCUT2D eigenvalue weighted by molar-refractivity contribution is 0.218. The van der Waals surface area contributed by atoms with E-state index < -0.39 is 5.54 Å². The molecule has 2 saturated carbocycles. The Morgan fingerprint density at radius 3 is 2.79 bits per heavy atom. The lowest BCUT2D eigenvalue weighted by atomic mass is 9.97. The molecule has 7 heteroatoms. The van der Waals surface area contributed by atoms with Gasteiger partial charge < -0.3 is 20.1 Å². The summed E-state index contributed by atoms with van der Waals surface area (Å²) in [5.74, 6) is 1.74. The fourth-order valence-corrected chi connectivity index (χ4v) is 4.18. The van der Waals surface area contributed by atoms with Crippen molar-refractivity contribution in [3.05, 3.63) is 11.7 Å². The van der Waals surface area contributed by atoms with Gasteiger partial charge in [-0.25, -0.2) is 4.79 Å². The molecule has 2 amide bonds. The van der Waals surface area contributed by atoms with Crippen molar-refractivity contribution < 1.29 is 9.32 Å². The molecule has 7 nitrogen and oxygen atoms in total. The highest BCUT2D eigenvalue weighted by molar-refractivity contribution is 5.75. The number of nitrogens with zero attached hydrogens (tertiary/aromatic N) is 3. The van der Waals surface area contributed by atoms with Crippen LogP contribution >= 0.6 is 0 Å². The Labute approximate surface area is 142 Å². The zero-order valence-corrected chi connectivity index (χ0v) is 14.4. The summed E-state index contributed by atoms with van der Waals surface area (Å²) >= 11 is 0. The molecule has 2 heterocycles. The van der Waals surface area contributed by atoms with Crippen molar-refractivity contribution in [2.45, 2.75) is 63.5 Å². The SMILES string of the molecule is Cc1nc(C2(NC(=O)NC[C@@H]3CCN(C4CC4)C3)CCCC2)no1. The summed E-state index contributed by atoms with van der Waals surface area (Å²) < 4.78 is 5.13. The van der Waals surface area contributed by atoms with E-state index in [4.69, 9.17) is 4.52 Å². The van der Waals surface area contributed by atoms with Crippen molar-refractivity contribution in [2.75, 3.05) is 19.6 Å². The molecule has 4 rings (SSSR count). The predicted octanol–water partition coefficient (Wildman–Crippen LogP) is 1.93. The Morgan fingerprint density at radius 1 is 1.33 bits per heavy atom. The maximum absolute atomic E-state index is 12.4. The molecule has 1 saturated heterocycles. The first-order chi connectivity index (χ1) is 11.6. The van der Waals surface area contributed by atoms with E-state index in [0.717, 1.165) is 44.8 Å². The van der Waals surface area contributed by atoms with Crippen molar-refractivity contribution in [1.82, 2.24) is 25.7 Å². The van der Waals surface area contributed by atoms with Crippen LogP contribution in [0.25, 0.3) is 0 Å². The molecule has 0 aromatic carbocycles. The zero-order chi connectivity index (χ0) is 16.6. The maximum atomic E-state index is 12.4. The van der Waals surface area contributed by atoms with E-state index in [-0.39, 0.29) is 6.03 Å². The highest BCUT2D eigenvalue weighted by atomic mass is 16.5. The fraction of sp³-hybridized carbons (Fsp3) is 0.824. The van der Waals surface area contributed by atoms with Crippen LogP contribution in [0.2, 0.25) is 0 Å². The Morgan fingerprint density at radius 2 is 2.12 bits per heavy atom. The molecule has 1 aromatic heterocycles. The summed E-state index contributed by atoms with van der Waals surface area (Å²) in [5.41, 5.74) is -0.461. The van der Waals surface area contributed by atoms with Crippen molar-refractivity contribution >= 4 is 6.03 Å². The van der Waals surface area contributed by atoms with Gasteiger partial charge in [0, 0.05) is 26.1 Å². The smallest absolute Gasteiger partial charge is 0.315 e. The number of urea groups is 1. The van der Waals surface area contributed by atoms with Crippen LogP contribution in [0, 0.1) is 12.8 Å². The normalized spacial score (nSPS) is 26.6. The number of aromatic nitrogens is 2. The van der Waals surface area contributed by atoms with Gasteiger partial charge in [-0.2, -0.15) is 4.98 Å². The summed E-state index contributed by atoms with van der Waals surface area (Å²) in [6, 6.07) is 0.719. The quantitative estimate of drug-likeness (QED) is 0.860. The van der Waals surface area contributed by atoms with Crippen LogP contribution in [0.15, 0.2) is 4.52 Å². The van der Waals surface area contributed by atoms with E-state index in [9.17, 15) is 4.79 Å². The van der Waals surface area contributed by atoms with Gasteiger partial charge in [0.2, 0.25) is 5.89 Å². The van der Waals surface area contributed by atoms with Crippen LogP contribution in [-0.2, 0) is 5.54 Å². The summed E-state index contributed by atoms with van der Waals surface area (Å²) in [6.07, 6.45) is 7.79. The molecule has 132 valence electrons. The molecular formula is C17H27N5O2. The van der Waals surface area contributed by atoms with Gasteiger partial charge in [0.25, 0.3) is 0 Å². The lowest BCUT2D eigenvalue weighted by Gasteiger charge is -2.27. The Bertz CT molecular complexity index is 592. The molecule has 0 bridgehead atoms. The van der Waals surface area contributed by atoms with Gasteiger partial charge in [0.15, 0.2) is 5.82 Å². The third-order valence-corrected chi connectivity index (χ3v) is 5.70. The number of amides is 2. The molecule has 1 aromatic rings. The Kier molecular flexibility index (Phi) is 4.20. The van der Waals surface area contributed by atoms with E-state index >= 15 is 0 Å². The number of hydrogen-bond donors (Lipinski definition) is 2. The van der Waals surface area contributed by atoms with Gasteiger partial charge in [-0.15, -0.1) is 0 Å². The molecule has 0 radical (unpaired) electrons. The van der Waals surface area contributed by atoms with E-state index in [2.05, 4.69) is 25.7 Å². The molecule has 0 spiro atoms. The minimum absolute atomic E-state index is 0.107. The molecule has 3 aliphatic rings. The first kappa shape index (κ1) is 15.9. The number of carbonyl (C=O) groups is 1. The van der Waals surface area contributed by atoms with Gasteiger partial charge in [0.1, 0.15) is 5.54 Å². The van der Waals surface area contributed by atoms with Crippen LogP contribution in [0.1, 0.15) is 56.7 Å². The van der Waals surface area contributed by atoms with Gasteiger partial charge >= 0.3 is 6.03 Å². The Balaban J connectivity index is 1.31. The average molecular weight is 333 g/mol. The predicted molar refractivity (Wildman–Crippen MR) is 88.4 cm³/mol. The number of carbonyl (C=O) groups excluding carboxylic acids is 1. The zero-order valence-electron chi connectivity index (χ0n) is 14.4. The largest absolute Gasteiger partial charge is 0.340 e. The minimum Gasteiger partial charge on any atom is -0.340 e. The molecule has 1 aliphatic heterocycles. The van der Waals surface area contributed by atoms with Crippen LogP contribution in [0.4, 0.5) is 4.79 Å². The number of hydrogen-bond acceptors (Lipinski definition) is 5. The molecule has 2 N–H and O–H groups in total. The summed E-state index contributed by atoms with van der Waals surface area (Å²) in [7, 11) is 0. The molecule has 2 aliphatic carbocycles. The lowest BCUT2D eigenvalue weighted by Crippen LogP contribution is -2.50. The number of rotatable bonds is 5. The monoisotopic (exact) mass is 333 g/mol. The minimum atomic E-state index is -0.461. The van der Waals surface area contributed by atoms with Gasteiger partial charge in [0.05, 0.1) is 0 Å². The fourth-order valence-electron chi connectivity index (χ4n) is 4.18. The van der Waals surface area contributed by atoms with Gasteiger partial charge in [-0.1, -0.05) is 18.0 Å². The highest BCUT2D eigenvalue weighted by Gasteiger charge is 2.41. The topological polar surface area (TPSA) is 83.3 Å². The third-order valence-electron chi connectivity index (χ3n) is 5.70. The van der Waals surface area contributed by atoms with E-state index in [1.165, 1.54) is 25.8 Å². The molecule has 24 heavy (non-hydrogen) atoms. The number of likely N-dealkylation sites (tertiary alicyclic amines) is 1. The molecule has 0 unspecified atom stereocenters. The van der Waals surface area contributed by atoms with Gasteiger partial charge in [-0.3, -0.25) is 0 Å². The molecule has 3 fully saturated rings. The van der Waals surface area contributed by atoms with E-state index in [1.807, 2.05) is 0 Å². The van der Waals surface area contributed by atoms with Crippen molar-refractivity contribution in [3.63, 3.8) is 0 Å². The highest BCUT2D eigenvalue weighted by Crippen LogP contribution is 2.37. The second-order valence-corrected chi connectivity index (χ2v) is 7.64. The first-order valence-corrected chi connectivity index (χ1v) is 9.25. The van der Waals surface area contributed by atoms with Crippen LogP contribution in [0.3, 0.4) is 0 Å². The average Bonchev–Trinajstić information content (AvgIpc) is 2.98. The molecule has 1 atom stereocenters. The third kappa shape index (κ3) is 3.27. The molecular weight excluding hydrogens is 306 g/mol. The van der Waals surface area contributed by atoms with Crippen LogP contribution in [-0.4, -0.2) is 46.7 Å². The van der Waals surface area contributed by atoms with Crippen LogP contribution < -0.4 is 10.6 Å². The summed E-state index contributed by atoms with van der Waals surface area (Å²) in [5, 5.41) is 10.3. The summed E-state index contributed by atoms with van der Waals surface area (Å²) in [4.78, 5) is 19.4. The second-order valence-electron chi connectivity index (χ2n) is 7.64. The van der Waals surface area contributed by atoms with Crippen molar-refractivity contribution in [1.29, 1.82) is 0 Å². The van der Waals surface area contributed by atoms with Crippen molar-refractivity contribution in [3.8, 4) is 0 Å². The second kappa shape index (κ2) is 6.35. The van der Waals surface area contributed by atoms with Crippen molar-refractivity contribution in [2.24, 2.45) is 5.92 Å². The van der Waals surface area contributed by atoms with E-state index in [0.29, 0.717) is 17.6 Å². The number of aryl methyl sites for hydroxylation is 1. The first-order valence-electron chi connectivity index (χ1n) is 9.25. The van der Waals surface area contributed by atoms with Crippen LogP contribution in [0.5, 0.6) is 0 Å². The van der Waals surface area contributed by atoms with Gasteiger partial charge in [-0.05, 0) is 44.6 Å². The van der Waals surface area contributed by atoms with E-state index in [1.54, 1.807) is 6.92 Å². The standard InChI is InChI=1S/C17H27N5O2/c1-12-19-15(21-24-12)17(7-2-3-8-17)20-16(23)18-10-13-6-9-22(11-13)14-4-5-14/h13-14H,2-11H2,1H3,(H2,18,20,23)/t13-/m0/s1. The maximum Gasteiger partial charge on any atom is 0.315 e. The number of nitrogens with one attached hydrogen (secondary N) is 2. The summed E-state index contributed by atoms with van der Waals surface area (Å²) in [6.45, 7) is 4.84. The Hall–Kier alpha value is -1.63.